The number of thiazole rings is 1. The van der Waals surface area contributed by atoms with Crippen molar-refractivity contribution in [1.29, 1.82) is 0 Å². The van der Waals surface area contributed by atoms with E-state index in [1.165, 1.54) is 22.7 Å². The second-order valence-electron chi connectivity index (χ2n) is 3.40. The van der Waals surface area contributed by atoms with Crippen molar-refractivity contribution in [3.8, 4) is 0 Å². The number of nitrogens with zero attached hydrogens (tertiary/aromatic N) is 1. The Kier molecular flexibility index (Phi) is 4.43. The lowest BCUT2D eigenvalue weighted by molar-refractivity contribution is -0.116. The summed E-state index contributed by atoms with van der Waals surface area (Å²) in [5, 5.41) is 11.3. The molecule has 2 heterocycles. The first-order valence-corrected chi connectivity index (χ1v) is 7.07. The molecule has 0 spiro atoms. The van der Waals surface area contributed by atoms with Crippen LogP contribution >= 0.6 is 22.7 Å². The highest BCUT2D eigenvalue weighted by Crippen LogP contribution is 2.10. The van der Waals surface area contributed by atoms with E-state index in [0.29, 0.717) is 17.2 Å². The molecule has 0 aliphatic carbocycles. The largest absolute Gasteiger partial charge is 0.351 e. The van der Waals surface area contributed by atoms with Crippen molar-refractivity contribution in [2.24, 2.45) is 0 Å². The van der Waals surface area contributed by atoms with E-state index in [1.807, 2.05) is 5.38 Å². The highest BCUT2D eigenvalue weighted by atomic mass is 32.1. The molecule has 0 bridgehead atoms. The first-order chi connectivity index (χ1) is 8.75. The van der Waals surface area contributed by atoms with E-state index in [-0.39, 0.29) is 18.2 Å². The van der Waals surface area contributed by atoms with Crippen LogP contribution in [0.25, 0.3) is 0 Å². The summed E-state index contributed by atoms with van der Waals surface area (Å²) in [7, 11) is 0. The molecule has 0 atom stereocenters. The van der Waals surface area contributed by atoms with Crippen LogP contribution in [0.15, 0.2) is 28.4 Å². The molecule has 18 heavy (non-hydrogen) atoms. The summed E-state index contributed by atoms with van der Waals surface area (Å²) >= 11 is 2.82. The highest BCUT2D eigenvalue weighted by molar-refractivity contribution is 7.13. The molecule has 2 amide bonds. The number of amides is 2. The molecular weight excluding hydrogens is 270 g/mol. The minimum Gasteiger partial charge on any atom is -0.351 e. The van der Waals surface area contributed by atoms with E-state index in [9.17, 15) is 9.59 Å². The molecule has 2 rings (SSSR count). The van der Waals surface area contributed by atoms with Gasteiger partial charge in [-0.2, -0.15) is 11.3 Å². The fourth-order valence-corrected chi connectivity index (χ4v) is 2.43. The number of thiophene rings is 1. The van der Waals surface area contributed by atoms with Crippen molar-refractivity contribution >= 4 is 39.6 Å². The van der Waals surface area contributed by atoms with Gasteiger partial charge in [0.25, 0.3) is 5.91 Å². The monoisotopic (exact) mass is 281 g/mol. The Balaban J connectivity index is 1.69. The maximum absolute atomic E-state index is 11.6. The summed E-state index contributed by atoms with van der Waals surface area (Å²) in [6, 6.07) is 1.75. The number of aromatic nitrogens is 1. The van der Waals surface area contributed by atoms with E-state index in [1.54, 1.807) is 23.0 Å². The van der Waals surface area contributed by atoms with Gasteiger partial charge < -0.3 is 10.6 Å². The molecule has 0 aromatic carbocycles. The van der Waals surface area contributed by atoms with Crippen LogP contribution < -0.4 is 10.6 Å². The number of rotatable bonds is 5. The van der Waals surface area contributed by atoms with Gasteiger partial charge >= 0.3 is 0 Å². The molecule has 0 aliphatic rings. The third kappa shape index (κ3) is 3.64. The fraction of sp³-hybridized carbons (Fsp3) is 0.182. The number of hydrogen-bond donors (Lipinski definition) is 2. The van der Waals surface area contributed by atoms with Crippen LogP contribution in [0.4, 0.5) is 5.13 Å². The lowest BCUT2D eigenvalue weighted by atomic mass is 10.3. The molecule has 0 saturated carbocycles. The van der Waals surface area contributed by atoms with Crippen molar-refractivity contribution in [3.05, 3.63) is 34.0 Å². The van der Waals surface area contributed by atoms with Crippen LogP contribution in [0.2, 0.25) is 0 Å². The minimum absolute atomic E-state index is 0.154. The van der Waals surface area contributed by atoms with Crippen molar-refractivity contribution < 1.29 is 9.59 Å². The van der Waals surface area contributed by atoms with Crippen molar-refractivity contribution in [2.45, 2.75) is 6.42 Å². The van der Waals surface area contributed by atoms with Gasteiger partial charge in [-0.15, -0.1) is 11.3 Å². The zero-order valence-electron chi connectivity index (χ0n) is 9.38. The van der Waals surface area contributed by atoms with Gasteiger partial charge in [-0.25, -0.2) is 4.98 Å². The molecule has 2 aromatic rings. The van der Waals surface area contributed by atoms with E-state index in [2.05, 4.69) is 15.6 Å². The summed E-state index contributed by atoms with van der Waals surface area (Å²) in [4.78, 5) is 27.0. The highest BCUT2D eigenvalue weighted by Gasteiger charge is 2.07. The number of hydrogen-bond acceptors (Lipinski definition) is 5. The van der Waals surface area contributed by atoms with Crippen molar-refractivity contribution in [3.63, 3.8) is 0 Å². The van der Waals surface area contributed by atoms with E-state index < -0.39 is 0 Å². The number of nitrogens with one attached hydrogen (secondary N) is 2. The average molecular weight is 281 g/mol. The Bertz CT molecular complexity index is 508. The van der Waals surface area contributed by atoms with E-state index >= 15 is 0 Å². The molecule has 0 aliphatic heterocycles. The van der Waals surface area contributed by atoms with Crippen LogP contribution in [-0.4, -0.2) is 23.3 Å². The Labute approximate surface area is 112 Å². The fourth-order valence-electron chi connectivity index (χ4n) is 1.25. The summed E-state index contributed by atoms with van der Waals surface area (Å²) in [5.74, 6) is -0.311. The number of carbonyl (C=O) groups is 2. The number of anilines is 1. The average Bonchev–Trinajstić information content (AvgIpc) is 3.00. The molecule has 94 valence electrons. The first-order valence-electron chi connectivity index (χ1n) is 5.25. The summed E-state index contributed by atoms with van der Waals surface area (Å²) in [6.45, 7) is 0.311. The molecular formula is C11H11N3O2S2. The van der Waals surface area contributed by atoms with E-state index in [0.717, 1.165) is 0 Å². The predicted molar refractivity (Wildman–Crippen MR) is 72.0 cm³/mol. The van der Waals surface area contributed by atoms with Gasteiger partial charge in [-0.05, 0) is 11.4 Å². The van der Waals surface area contributed by atoms with Crippen LogP contribution in [-0.2, 0) is 4.79 Å². The zero-order chi connectivity index (χ0) is 12.8. The van der Waals surface area contributed by atoms with Gasteiger partial charge in [0.1, 0.15) is 0 Å². The Morgan fingerprint density at radius 1 is 1.33 bits per heavy atom. The van der Waals surface area contributed by atoms with Crippen LogP contribution in [0.5, 0.6) is 0 Å². The Hall–Kier alpha value is -1.73. The molecule has 2 aromatic heterocycles. The van der Waals surface area contributed by atoms with Crippen LogP contribution in [0.1, 0.15) is 16.8 Å². The molecule has 0 fully saturated rings. The third-order valence-electron chi connectivity index (χ3n) is 2.10. The quantitative estimate of drug-likeness (QED) is 0.880. The van der Waals surface area contributed by atoms with Gasteiger partial charge in [0, 0.05) is 35.5 Å². The van der Waals surface area contributed by atoms with Crippen molar-refractivity contribution in [2.75, 3.05) is 11.9 Å². The van der Waals surface area contributed by atoms with Crippen LogP contribution in [0, 0.1) is 0 Å². The second-order valence-corrected chi connectivity index (χ2v) is 5.08. The lowest BCUT2D eigenvalue weighted by Crippen LogP contribution is -2.27. The standard InChI is InChI=1S/C11H11N3O2S2/c15-9(14-11-13-4-6-18-11)1-3-12-10(16)8-2-5-17-7-8/h2,4-7H,1,3H2,(H,12,16)(H,13,14,15). The third-order valence-corrected chi connectivity index (χ3v) is 3.47. The topological polar surface area (TPSA) is 71.1 Å². The molecule has 7 heteroatoms. The molecule has 0 unspecified atom stereocenters. The minimum atomic E-state index is -0.157. The maximum Gasteiger partial charge on any atom is 0.252 e. The number of carbonyl (C=O) groups excluding carboxylic acids is 2. The second kappa shape index (κ2) is 6.27. The Morgan fingerprint density at radius 2 is 2.22 bits per heavy atom. The Morgan fingerprint density at radius 3 is 2.89 bits per heavy atom. The molecule has 5 nitrogen and oxygen atoms in total. The zero-order valence-corrected chi connectivity index (χ0v) is 11.0. The summed E-state index contributed by atoms with van der Waals surface area (Å²) < 4.78 is 0. The first kappa shape index (κ1) is 12.7. The van der Waals surface area contributed by atoms with Gasteiger partial charge in [0.05, 0.1) is 0 Å². The van der Waals surface area contributed by atoms with Crippen LogP contribution in [0.3, 0.4) is 0 Å². The van der Waals surface area contributed by atoms with Gasteiger partial charge in [0.15, 0.2) is 5.13 Å². The SMILES string of the molecule is O=C(CCNC(=O)c1ccsc1)Nc1nccs1. The normalized spacial score (nSPS) is 10.0. The van der Waals surface area contributed by atoms with E-state index in [4.69, 9.17) is 0 Å². The smallest absolute Gasteiger partial charge is 0.252 e. The van der Waals surface area contributed by atoms with Gasteiger partial charge in [0.2, 0.25) is 5.91 Å². The predicted octanol–water partition coefficient (Wildman–Crippen LogP) is 1.96. The van der Waals surface area contributed by atoms with Gasteiger partial charge in [-0.1, -0.05) is 0 Å². The lowest BCUT2D eigenvalue weighted by Gasteiger charge is -2.03. The maximum atomic E-state index is 11.6. The molecule has 0 radical (unpaired) electrons. The van der Waals surface area contributed by atoms with Crippen molar-refractivity contribution in [1.82, 2.24) is 10.3 Å². The summed E-state index contributed by atoms with van der Waals surface area (Å²) in [6.07, 6.45) is 1.86. The molecule has 2 N–H and O–H groups in total. The molecule has 0 saturated heterocycles. The summed E-state index contributed by atoms with van der Waals surface area (Å²) in [5.41, 5.74) is 0.625. The van der Waals surface area contributed by atoms with Gasteiger partial charge in [-0.3, -0.25) is 9.59 Å².